The lowest BCUT2D eigenvalue weighted by Gasteiger charge is -2.28. The van der Waals surface area contributed by atoms with Crippen molar-refractivity contribution < 1.29 is 27.4 Å². The van der Waals surface area contributed by atoms with E-state index in [1.807, 2.05) is 6.92 Å². The van der Waals surface area contributed by atoms with E-state index in [1.165, 1.54) is 0 Å². The maximum Gasteiger partial charge on any atom is 0.391 e. The normalized spacial score (nSPS) is 15.1. The van der Waals surface area contributed by atoms with Gasteiger partial charge in [0.05, 0.1) is 19.6 Å². The molecular weight excluding hydrogens is 263 g/mol. The number of carbonyl (C=O) groups excluding carboxylic acids is 1. The van der Waals surface area contributed by atoms with Gasteiger partial charge < -0.3 is 14.8 Å². The number of alkyl halides is 3. The average Bonchev–Trinajstić information content (AvgIpc) is 2.27. The van der Waals surface area contributed by atoms with Crippen molar-refractivity contribution in [3.63, 3.8) is 0 Å². The van der Waals surface area contributed by atoms with E-state index in [-0.39, 0.29) is 19.6 Å². The van der Waals surface area contributed by atoms with E-state index >= 15 is 0 Å². The summed E-state index contributed by atoms with van der Waals surface area (Å²) in [6.07, 6.45) is -4.94. The number of carbonyl (C=O) groups is 1. The third-order valence-corrected chi connectivity index (χ3v) is 2.57. The Morgan fingerprint density at radius 1 is 1.16 bits per heavy atom. The molecule has 1 atom stereocenters. The van der Waals surface area contributed by atoms with Crippen molar-refractivity contribution in [3.05, 3.63) is 0 Å². The molecule has 0 radical (unpaired) electrons. The molecule has 0 amide bonds. The number of nitrogens with one attached hydrogen (secondary N) is 1. The fourth-order valence-electron chi connectivity index (χ4n) is 1.51. The Bertz CT molecular complexity index is 271. The quantitative estimate of drug-likeness (QED) is 0.521. The largest absolute Gasteiger partial charge is 0.465 e. The molecule has 0 aromatic carbocycles. The predicted octanol–water partition coefficient (Wildman–Crippen LogP) is 2.28. The van der Waals surface area contributed by atoms with E-state index < -0.39 is 30.7 Å². The highest BCUT2D eigenvalue weighted by molar-refractivity contribution is 5.80. The monoisotopic (exact) mass is 285 g/mol. The lowest BCUT2D eigenvalue weighted by atomic mass is 9.98. The van der Waals surface area contributed by atoms with E-state index in [1.54, 1.807) is 13.8 Å². The molecule has 1 unspecified atom stereocenters. The van der Waals surface area contributed by atoms with E-state index in [9.17, 15) is 18.0 Å². The lowest BCUT2D eigenvalue weighted by Crippen LogP contribution is -2.51. The van der Waals surface area contributed by atoms with E-state index in [2.05, 4.69) is 5.32 Å². The second-order valence-electron chi connectivity index (χ2n) is 4.31. The molecule has 0 aliphatic heterocycles. The summed E-state index contributed by atoms with van der Waals surface area (Å²) < 4.78 is 45.5. The van der Waals surface area contributed by atoms with Gasteiger partial charge in [-0.1, -0.05) is 6.92 Å². The summed E-state index contributed by atoms with van der Waals surface area (Å²) in [5.74, 6) is -0.420. The highest BCUT2D eigenvalue weighted by atomic mass is 19.4. The standard InChI is InChI=1S/C12H22F3NO3/c1-4-16-11(3,10(17)19-5-2)6-8-18-9-7-12(13,14)15/h16H,4-9H2,1-3H3. The second kappa shape index (κ2) is 8.37. The van der Waals surface area contributed by atoms with Gasteiger partial charge in [0.15, 0.2) is 0 Å². The summed E-state index contributed by atoms with van der Waals surface area (Å²) in [7, 11) is 0. The minimum absolute atomic E-state index is 0.0679. The summed E-state index contributed by atoms with van der Waals surface area (Å²) in [5, 5.41) is 2.97. The predicted molar refractivity (Wildman–Crippen MR) is 64.8 cm³/mol. The smallest absolute Gasteiger partial charge is 0.391 e. The van der Waals surface area contributed by atoms with Crippen molar-refractivity contribution >= 4 is 5.97 Å². The molecular formula is C12H22F3NO3. The molecule has 0 heterocycles. The molecule has 7 heteroatoms. The highest BCUT2D eigenvalue weighted by Gasteiger charge is 2.33. The number of halogens is 3. The van der Waals surface area contributed by atoms with Crippen LogP contribution in [0, 0.1) is 0 Å². The molecule has 0 aliphatic rings. The van der Waals surface area contributed by atoms with Crippen LogP contribution in [0.3, 0.4) is 0 Å². The Balaban J connectivity index is 4.11. The minimum atomic E-state index is -4.22. The molecule has 0 spiro atoms. The van der Waals surface area contributed by atoms with Crippen LogP contribution >= 0.6 is 0 Å². The van der Waals surface area contributed by atoms with Gasteiger partial charge in [0.1, 0.15) is 5.54 Å². The zero-order chi connectivity index (χ0) is 14.9. The van der Waals surface area contributed by atoms with Crippen LogP contribution in [-0.2, 0) is 14.3 Å². The summed E-state index contributed by atoms with van der Waals surface area (Å²) in [6, 6.07) is 0. The van der Waals surface area contributed by atoms with Crippen LogP contribution in [0.15, 0.2) is 0 Å². The number of rotatable bonds is 9. The molecule has 1 N–H and O–H groups in total. The molecule has 4 nitrogen and oxygen atoms in total. The molecule has 0 aromatic rings. The van der Waals surface area contributed by atoms with Crippen molar-refractivity contribution in [2.75, 3.05) is 26.4 Å². The number of hydrogen-bond acceptors (Lipinski definition) is 4. The van der Waals surface area contributed by atoms with Gasteiger partial charge >= 0.3 is 12.1 Å². The topological polar surface area (TPSA) is 47.6 Å². The SMILES string of the molecule is CCNC(C)(CCOCCC(F)(F)F)C(=O)OCC. The molecule has 0 bridgehead atoms. The fourth-order valence-corrected chi connectivity index (χ4v) is 1.51. The van der Waals surface area contributed by atoms with Gasteiger partial charge in [-0.2, -0.15) is 13.2 Å². The fraction of sp³-hybridized carbons (Fsp3) is 0.917. The third kappa shape index (κ3) is 8.05. The molecule has 0 saturated carbocycles. The third-order valence-electron chi connectivity index (χ3n) is 2.57. The number of likely N-dealkylation sites (N-methyl/N-ethyl adjacent to an activating group) is 1. The highest BCUT2D eigenvalue weighted by Crippen LogP contribution is 2.19. The summed E-state index contributed by atoms with van der Waals surface area (Å²) in [5.41, 5.74) is -0.928. The van der Waals surface area contributed by atoms with Crippen LogP contribution in [0.4, 0.5) is 13.2 Å². The Kier molecular flexibility index (Phi) is 8.01. The molecule has 0 fully saturated rings. The first-order valence-electron chi connectivity index (χ1n) is 6.32. The second-order valence-corrected chi connectivity index (χ2v) is 4.31. The van der Waals surface area contributed by atoms with Gasteiger partial charge in [-0.05, 0) is 26.8 Å². The first kappa shape index (κ1) is 18.2. The summed E-state index contributed by atoms with van der Waals surface area (Å²) >= 11 is 0. The number of esters is 1. The molecule has 114 valence electrons. The summed E-state index contributed by atoms with van der Waals surface area (Å²) in [4.78, 5) is 11.8. The summed E-state index contributed by atoms with van der Waals surface area (Å²) in [6.45, 7) is 5.67. The molecule has 0 rings (SSSR count). The average molecular weight is 285 g/mol. The van der Waals surface area contributed by atoms with Crippen LogP contribution in [0.1, 0.15) is 33.6 Å². The van der Waals surface area contributed by atoms with Crippen LogP contribution < -0.4 is 5.32 Å². The van der Waals surface area contributed by atoms with Crippen molar-refractivity contribution in [1.82, 2.24) is 5.32 Å². The van der Waals surface area contributed by atoms with E-state index in [0.29, 0.717) is 6.54 Å². The van der Waals surface area contributed by atoms with Gasteiger partial charge in [-0.15, -0.1) is 0 Å². The first-order valence-corrected chi connectivity index (χ1v) is 6.32. The van der Waals surface area contributed by atoms with Crippen molar-refractivity contribution in [2.45, 2.75) is 45.3 Å². The number of ether oxygens (including phenoxy) is 2. The Labute approximate surface area is 111 Å². The van der Waals surface area contributed by atoms with Gasteiger partial charge in [-0.3, -0.25) is 4.79 Å². The molecule has 19 heavy (non-hydrogen) atoms. The maximum absolute atomic E-state index is 11.9. The van der Waals surface area contributed by atoms with Crippen LogP contribution in [-0.4, -0.2) is 44.0 Å². The van der Waals surface area contributed by atoms with E-state index in [0.717, 1.165) is 0 Å². The van der Waals surface area contributed by atoms with Crippen LogP contribution in [0.2, 0.25) is 0 Å². The van der Waals surface area contributed by atoms with E-state index in [4.69, 9.17) is 9.47 Å². The molecule has 0 saturated heterocycles. The van der Waals surface area contributed by atoms with Gasteiger partial charge in [0.2, 0.25) is 0 Å². The first-order chi connectivity index (χ1) is 8.75. The Morgan fingerprint density at radius 3 is 2.21 bits per heavy atom. The Hall–Kier alpha value is -0.820. The van der Waals surface area contributed by atoms with Crippen LogP contribution in [0.25, 0.3) is 0 Å². The van der Waals surface area contributed by atoms with Crippen molar-refractivity contribution in [3.8, 4) is 0 Å². The van der Waals surface area contributed by atoms with Crippen molar-refractivity contribution in [1.29, 1.82) is 0 Å². The van der Waals surface area contributed by atoms with Gasteiger partial charge in [0.25, 0.3) is 0 Å². The van der Waals surface area contributed by atoms with Crippen molar-refractivity contribution in [2.24, 2.45) is 0 Å². The Morgan fingerprint density at radius 2 is 1.74 bits per heavy atom. The molecule has 0 aromatic heterocycles. The zero-order valence-corrected chi connectivity index (χ0v) is 11.6. The maximum atomic E-state index is 11.9. The van der Waals surface area contributed by atoms with Gasteiger partial charge in [-0.25, -0.2) is 0 Å². The van der Waals surface area contributed by atoms with Crippen LogP contribution in [0.5, 0.6) is 0 Å². The molecule has 0 aliphatic carbocycles. The zero-order valence-electron chi connectivity index (χ0n) is 11.6. The van der Waals surface area contributed by atoms with Gasteiger partial charge in [0, 0.05) is 6.61 Å². The minimum Gasteiger partial charge on any atom is -0.465 e. The lowest BCUT2D eigenvalue weighted by molar-refractivity contribution is -0.153. The number of hydrogen-bond donors (Lipinski definition) is 1.